The van der Waals surface area contributed by atoms with Crippen LogP contribution in [0.2, 0.25) is 0 Å². The molecule has 2 aliphatic heterocycles. The highest BCUT2D eigenvalue weighted by atomic mass is 16.5. The molecule has 0 aromatic heterocycles. The molecule has 2 atom stereocenters. The van der Waals surface area contributed by atoms with Crippen molar-refractivity contribution in [3.05, 3.63) is 35.9 Å². The van der Waals surface area contributed by atoms with Crippen LogP contribution in [0.5, 0.6) is 0 Å². The lowest BCUT2D eigenvalue weighted by Gasteiger charge is -2.44. The number of esters is 1. The van der Waals surface area contributed by atoms with E-state index in [9.17, 15) is 4.79 Å². The second-order valence-electron chi connectivity index (χ2n) is 5.97. The summed E-state index contributed by atoms with van der Waals surface area (Å²) >= 11 is 0. The van der Waals surface area contributed by atoms with Crippen molar-refractivity contribution in [2.75, 3.05) is 19.7 Å². The summed E-state index contributed by atoms with van der Waals surface area (Å²) in [4.78, 5) is 14.6. The molecule has 0 aliphatic carbocycles. The Bertz CT molecular complexity index is 444. The maximum Gasteiger partial charge on any atom is 0.338 e. The number of carbonyl (C=O) groups excluding carboxylic acids is 1. The molecule has 0 N–H and O–H groups in total. The van der Waals surface area contributed by atoms with Crippen LogP contribution in [0.15, 0.2) is 30.3 Å². The number of carbonyl (C=O) groups is 1. The van der Waals surface area contributed by atoms with Crippen molar-refractivity contribution in [3.63, 3.8) is 0 Å². The van der Waals surface area contributed by atoms with Gasteiger partial charge in [0.25, 0.3) is 0 Å². The Morgan fingerprint density at radius 3 is 2.75 bits per heavy atom. The maximum atomic E-state index is 12.0. The second-order valence-corrected chi connectivity index (χ2v) is 5.97. The molecule has 3 heteroatoms. The standard InChI is InChI=1S/C17H23NO2/c19-17(14-7-2-1-3-8-14)20-13-15-9-6-12-18-11-5-4-10-16(15)18/h1-3,7-8,15-16H,4-6,9-13H2/t15-,16?/m0/s1. The molecule has 1 aromatic carbocycles. The minimum Gasteiger partial charge on any atom is -0.462 e. The molecule has 0 amide bonds. The Balaban J connectivity index is 1.56. The van der Waals surface area contributed by atoms with Gasteiger partial charge in [-0.1, -0.05) is 24.6 Å². The van der Waals surface area contributed by atoms with E-state index in [1.54, 1.807) is 0 Å². The van der Waals surface area contributed by atoms with E-state index in [4.69, 9.17) is 4.74 Å². The molecule has 2 heterocycles. The Morgan fingerprint density at radius 1 is 1.10 bits per heavy atom. The summed E-state index contributed by atoms with van der Waals surface area (Å²) in [5.41, 5.74) is 0.656. The molecular weight excluding hydrogens is 250 g/mol. The highest BCUT2D eigenvalue weighted by Gasteiger charge is 2.33. The van der Waals surface area contributed by atoms with Crippen LogP contribution >= 0.6 is 0 Å². The quantitative estimate of drug-likeness (QED) is 0.793. The summed E-state index contributed by atoms with van der Waals surface area (Å²) in [6, 6.07) is 9.94. The summed E-state index contributed by atoms with van der Waals surface area (Å²) in [6.07, 6.45) is 6.36. The summed E-state index contributed by atoms with van der Waals surface area (Å²) in [6.45, 7) is 3.04. The molecule has 2 aliphatic rings. The highest BCUT2D eigenvalue weighted by molar-refractivity contribution is 5.89. The molecule has 3 nitrogen and oxygen atoms in total. The first-order valence-corrected chi connectivity index (χ1v) is 7.81. The number of nitrogens with zero attached hydrogens (tertiary/aromatic N) is 1. The molecule has 3 rings (SSSR count). The van der Waals surface area contributed by atoms with Gasteiger partial charge in [-0.25, -0.2) is 4.79 Å². The number of piperidine rings is 2. The molecule has 0 bridgehead atoms. The van der Waals surface area contributed by atoms with Crippen LogP contribution in [0.25, 0.3) is 0 Å². The van der Waals surface area contributed by atoms with Gasteiger partial charge in [0.2, 0.25) is 0 Å². The SMILES string of the molecule is O=C(OC[C@@H]1CCCN2CCCCC12)c1ccccc1. The number of fused-ring (bicyclic) bond motifs is 1. The van der Waals surface area contributed by atoms with E-state index in [0.717, 1.165) is 0 Å². The van der Waals surface area contributed by atoms with Gasteiger partial charge in [0.05, 0.1) is 12.2 Å². The van der Waals surface area contributed by atoms with Gasteiger partial charge in [0.15, 0.2) is 0 Å². The van der Waals surface area contributed by atoms with Crippen LogP contribution in [-0.4, -0.2) is 36.6 Å². The minimum absolute atomic E-state index is 0.182. The predicted molar refractivity (Wildman–Crippen MR) is 78.7 cm³/mol. The molecule has 1 aromatic rings. The average molecular weight is 273 g/mol. The zero-order valence-corrected chi connectivity index (χ0v) is 12.0. The van der Waals surface area contributed by atoms with Crippen LogP contribution < -0.4 is 0 Å². The van der Waals surface area contributed by atoms with Gasteiger partial charge in [-0.2, -0.15) is 0 Å². The molecular formula is C17H23NO2. The number of benzene rings is 1. The van der Waals surface area contributed by atoms with Gasteiger partial charge in [-0.15, -0.1) is 0 Å². The summed E-state index contributed by atoms with van der Waals surface area (Å²) in [5, 5.41) is 0. The first-order chi connectivity index (χ1) is 9.84. The Hall–Kier alpha value is -1.35. The highest BCUT2D eigenvalue weighted by Crippen LogP contribution is 2.31. The topological polar surface area (TPSA) is 29.5 Å². The molecule has 0 spiro atoms. The van der Waals surface area contributed by atoms with Crippen molar-refractivity contribution in [1.82, 2.24) is 4.90 Å². The number of rotatable bonds is 3. The van der Waals surface area contributed by atoms with Gasteiger partial charge < -0.3 is 4.74 Å². The first-order valence-electron chi connectivity index (χ1n) is 7.81. The van der Waals surface area contributed by atoms with Crippen molar-refractivity contribution in [1.29, 1.82) is 0 Å². The summed E-state index contributed by atoms with van der Waals surface area (Å²) in [5.74, 6) is 0.343. The Labute approximate surface area is 120 Å². The lowest BCUT2D eigenvalue weighted by Crippen LogP contribution is -2.49. The van der Waals surface area contributed by atoms with Gasteiger partial charge in [0.1, 0.15) is 0 Å². The Kier molecular flexibility index (Phi) is 4.36. The van der Waals surface area contributed by atoms with Crippen molar-refractivity contribution in [3.8, 4) is 0 Å². The number of ether oxygens (including phenoxy) is 1. The molecule has 0 saturated carbocycles. The zero-order chi connectivity index (χ0) is 13.8. The smallest absolute Gasteiger partial charge is 0.338 e. The van der Waals surface area contributed by atoms with Gasteiger partial charge in [0, 0.05) is 12.0 Å². The fraction of sp³-hybridized carbons (Fsp3) is 0.588. The third-order valence-corrected chi connectivity index (χ3v) is 4.67. The van der Waals surface area contributed by atoms with E-state index in [0.29, 0.717) is 24.1 Å². The van der Waals surface area contributed by atoms with Crippen LogP contribution in [0.1, 0.15) is 42.5 Å². The van der Waals surface area contributed by atoms with Crippen molar-refractivity contribution >= 4 is 5.97 Å². The minimum atomic E-state index is -0.182. The second kappa shape index (κ2) is 6.40. The molecule has 2 saturated heterocycles. The fourth-order valence-electron chi connectivity index (χ4n) is 3.61. The lowest BCUT2D eigenvalue weighted by atomic mass is 9.84. The lowest BCUT2D eigenvalue weighted by molar-refractivity contribution is 0.00739. The maximum absolute atomic E-state index is 12.0. The van der Waals surface area contributed by atoms with E-state index >= 15 is 0 Å². The predicted octanol–water partition coefficient (Wildman–Crippen LogP) is 3.11. The van der Waals surface area contributed by atoms with E-state index in [1.165, 1.54) is 45.2 Å². The van der Waals surface area contributed by atoms with Crippen LogP contribution in [0.3, 0.4) is 0 Å². The fourth-order valence-corrected chi connectivity index (χ4v) is 3.61. The van der Waals surface area contributed by atoms with Crippen molar-refractivity contribution in [2.45, 2.75) is 38.1 Å². The van der Waals surface area contributed by atoms with E-state index in [1.807, 2.05) is 30.3 Å². The van der Waals surface area contributed by atoms with E-state index < -0.39 is 0 Å². The van der Waals surface area contributed by atoms with Gasteiger partial charge >= 0.3 is 5.97 Å². The third kappa shape index (κ3) is 3.04. The molecule has 1 unspecified atom stereocenters. The summed E-state index contributed by atoms with van der Waals surface area (Å²) < 4.78 is 5.55. The van der Waals surface area contributed by atoms with E-state index in [2.05, 4.69) is 4.90 Å². The van der Waals surface area contributed by atoms with Crippen LogP contribution in [0.4, 0.5) is 0 Å². The van der Waals surface area contributed by atoms with Gasteiger partial charge in [-0.05, 0) is 50.9 Å². The van der Waals surface area contributed by atoms with Crippen LogP contribution in [-0.2, 0) is 4.74 Å². The van der Waals surface area contributed by atoms with Crippen molar-refractivity contribution in [2.24, 2.45) is 5.92 Å². The zero-order valence-electron chi connectivity index (χ0n) is 12.0. The van der Waals surface area contributed by atoms with Crippen molar-refractivity contribution < 1.29 is 9.53 Å². The molecule has 20 heavy (non-hydrogen) atoms. The van der Waals surface area contributed by atoms with E-state index in [-0.39, 0.29) is 5.97 Å². The molecule has 108 valence electrons. The molecule has 0 radical (unpaired) electrons. The number of hydrogen-bond acceptors (Lipinski definition) is 3. The average Bonchev–Trinajstić information content (AvgIpc) is 2.53. The largest absolute Gasteiger partial charge is 0.462 e. The van der Waals surface area contributed by atoms with Crippen LogP contribution in [0, 0.1) is 5.92 Å². The van der Waals surface area contributed by atoms with Gasteiger partial charge in [-0.3, -0.25) is 4.90 Å². The number of hydrogen-bond donors (Lipinski definition) is 0. The Morgan fingerprint density at radius 2 is 1.90 bits per heavy atom. The molecule has 2 fully saturated rings. The summed E-state index contributed by atoms with van der Waals surface area (Å²) in [7, 11) is 0. The first kappa shape index (κ1) is 13.6. The monoisotopic (exact) mass is 273 g/mol. The normalized spacial score (nSPS) is 26.8. The third-order valence-electron chi connectivity index (χ3n) is 4.67.